The van der Waals surface area contributed by atoms with Crippen molar-refractivity contribution in [2.24, 2.45) is 5.92 Å². The minimum absolute atomic E-state index is 0.299. The van der Waals surface area contributed by atoms with E-state index in [1.807, 2.05) is 0 Å². The van der Waals surface area contributed by atoms with Crippen LogP contribution in [0.3, 0.4) is 0 Å². The van der Waals surface area contributed by atoms with E-state index in [2.05, 4.69) is 0 Å². The smallest absolute Gasteiger partial charge is 0.320 e. The van der Waals surface area contributed by atoms with Crippen molar-refractivity contribution >= 4 is 11.9 Å². The molecule has 0 heterocycles. The second kappa shape index (κ2) is 12.9. The molecule has 118 valence electrons. The molecule has 0 amide bonds. The lowest BCUT2D eigenvalue weighted by Gasteiger charge is -2.11. The zero-order valence-electron chi connectivity index (χ0n) is 12.7. The van der Waals surface area contributed by atoms with Gasteiger partial charge in [-0.2, -0.15) is 0 Å². The zero-order chi connectivity index (χ0) is 15.2. The Morgan fingerprint density at radius 2 is 1.10 bits per heavy atom. The standard InChI is InChI=1S/C14H26O6/c1-12(13(15)19-10-6-4-8-17-2)14(16)20-11-7-5-9-18-3/h12H,4-11H2,1-3H3. The van der Waals surface area contributed by atoms with Gasteiger partial charge in [-0.25, -0.2) is 0 Å². The molecule has 0 saturated heterocycles. The van der Waals surface area contributed by atoms with Crippen LogP contribution in [0.5, 0.6) is 0 Å². The molecule has 0 aliphatic carbocycles. The molecule has 0 fully saturated rings. The van der Waals surface area contributed by atoms with Crippen LogP contribution in [0.25, 0.3) is 0 Å². The molecule has 0 rings (SSSR count). The first kappa shape index (κ1) is 18.9. The Morgan fingerprint density at radius 1 is 0.750 bits per heavy atom. The van der Waals surface area contributed by atoms with Crippen molar-refractivity contribution < 1.29 is 28.5 Å². The second-order valence-corrected chi connectivity index (χ2v) is 4.46. The fraction of sp³-hybridized carbons (Fsp3) is 0.857. The summed E-state index contributed by atoms with van der Waals surface area (Å²) in [6.07, 6.45) is 3.08. The summed E-state index contributed by atoms with van der Waals surface area (Å²) in [6, 6.07) is 0. The second-order valence-electron chi connectivity index (χ2n) is 4.46. The number of methoxy groups -OCH3 is 2. The maximum absolute atomic E-state index is 11.6. The third kappa shape index (κ3) is 9.75. The highest BCUT2D eigenvalue weighted by Crippen LogP contribution is 2.04. The molecule has 0 N–H and O–H groups in total. The molecule has 0 unspecified atom stereocenters. The van der Waals surface area contributed by atoms with Gasteiger partial charge < -0.3 is 18.9 Å². The van der Waals surface area contributed by atoms with E-state index in [1.54, 1.807) is 14.2 Å². The molecule has 0 radical (unpaired) electrons. The van der Waals surface area contributed by atoms with Gasteiger partial charge in [-0.15, -0.1) is 0 Å². The van der Waals surface area contributed by atoms with Gasteiger partial charge in [0.25, 0.3) is 0 Å². The van der Waals surface area contributed by atoms with Crippen LogP contribution in [0.2, 0.25) is 0 Å². The van der Waals surface area contributed by atoms with Gasteiger partial charge in [0.2, 0.25) is 0 Å². The fourth-order valence-electron chi connectivity index (χ4n) is 1.39. The summed E-state index contributed by atoms with van der Waals surface area (Å²) in [5.41, 5.74) is 0. The monoisotopic (exact) mass is 290 g/mol. The first-order valence-electron chi connectivity index (χ1n) is 6.94. The quantitative estimate of drug-likeness (QED) is 0.308. The Labute approximate surface area is 120 Å². The molecule has 6 nitrogen and oxygen atoms in total. The van der Waals surface area contributed by atoms with E-state index < -0.39 is 17.9 Å². The van der Waals surface area contributed by atoms with Crippen LogP contribution in [-0.4, -0.2) is 52.6 Å². The summed E-state index contributed by atoms with van der Waals surface area (Å²) in [5.74, 6) is -1.95. The maximum Gasteiger partial charge on any atom is 0.320 e. The summed E-state index contributed by atoms with van der Waals surface area (Å²) in [7, 11) is 3.24. The van der Waals surface area contributed by atoms with Gasteiger partial charge in [0, 0.05) is 27.4 Å². The minimum atomic E-state index is -0.875. The average Bonchev–Trinajstić information content (AvgIpc) is 2.45. The Hall–Kier alpha value is -1.14. The van der Waals surface area contributed by atoms with E-state index in [9.17, 15) is 9.59 Å². The van der Waals surface area contributed by atoms with Crippen molar-refractivity contribution in [3.63, 3.8) is 0 Å². The largest absolute Gasteiger partial charge is 0.465 e. The third-order valence-corrected chi connectivity index (χ3v) is 2.68. The molecule has 20 heavy (non-hydrogen) atoms. The van der Waals surface area contributed by atoms with Crippen LogP contribution >= 0.6 is 0 Å². The lowest BCUT2D eigenvalue weighted by Crippen LogP contribution is -2.26. The molecule has 0 aliphatic rings. The number of rotatable bonds is 12. The molecule has 0 aromatic heterocycles. The van der Waals surface area contributed by atoms with Gasteiger partial charge in [0.1, 0.15) is 0 Å². The van der Waals surface area contributed by atoms with Gasteiger partial charge in [0.15, 0.2) is 5.92 Å². The first-order valence-corrected chi connectivity index (χ1v) is 6.94. The van der Waals surface area contributed by atoms with E-state index in [-0.39, 0.29) is 0 Å². The Bertz CT molecular complexity index is 240. The Morgan fingerprint density at radius 3 is 1.45 bits per heavy atom. The predicted octanol–water partition coefficient (Wildman–Crippen LogP) is 1.56. The van der Waals surface area contributed by atoms with Crippen molar-refractivity contribution in [3.05, 3.63) is 0 Å². The summed E-state index contributed by atoms with van der Waals surface area (Å²) in [4.78, 5) is 23.2. The van der Waals surface area contributed by atoms with E-state index in [1.165, 1.54) is 6.92 Å². The van der Waals surface area contributed by atoms with E-state index in [0.717, 1.165) is 25.7 Å². The highest BCUT2D eigenvalue weighted by molar-refractivity contribution is 5.94. The number of carbonyl (C=O) groups is 2. The van der Waals surface area contributed by atoms with Crippen LogP contribution in [0.4, 0.5) is 0 Å². The van der Waals surface area contributed by atoms with E-state index in [4.69, 9.17) is 18.9 Å². The lowest BCUT2D eigenvalue weighted by atomic mass is 10.2. The van der Waals surface area contributed by atoms with Gasteiger partial charge in [-0.05, 0) is 32.6 Å². The summed E-state index contributed by atoms with van der Waals surface area (Å²) < 4.78 is 19.8. The molecule has 0 spiro atoms. The first-order chi connectivity index (χ1) is 9.63. The molecule has 0 saturated carbocycles. The lowest BCUT2D eigenvalue weighted by molar-refractivity contribution is -0.161. The SMILES string of the molecule is COCCCCOC(=O)C(C)C(=O)OCCCCOC. The van der Waals surface area contributed by atoms with Crippen LogP contribution in [0.15, 0.2) is 0 Å². The summed E-state index contributed by atoms with van der Waals surface area (Å²) >= 11 is 0. The third-order valence-electron chi connectivity index (χ3n) is 2.68. The molecule has 6 heteroatoms. The van der Waals surface area contributed by atoms with E-state index in [0.29, 0.717) is 26.4 Å². The number of ether oxygens (including phenoxy) is 4. The van der Waals surface area contributed by atoms with Crippen molar-refractivity contribution in [1.29, 1.82) is 0 Å². The Kier molecular flexibility index (Phi) is 12.1. The normalized spacial score (nSPS) is 10.6. The van der Waals surface area contributed by atoms with Crippen LogP contribution < -0.4 is 0 Å². The van der Waals surface area contributed by atoms with Gasteiger partial charge in [-0.1, -0.05) is 0 Å². The molecule has 0 aromatic carbocycles. The molecular weight excluding hydrogens is 264 g/mol. The number of unbranched alkanes of at least 4 members (excludes halogenated alkanes) is 2. The van der Waals surface area contributed by atoms with Crippen molar-refractivity contribution in [2.45, 2.75) is 32.6 Å². The average molecular weight is 290 g/mol. The number of hydrogen-bond acceptors (Lipinski definition) is 6. The van der Waals surface area contributed by atoms with Crippen molar-refractivity contribution in [1.82, 2.24) is 0 Å². The molecule has 0 atom stereocenters. The number of carbonyl (C=O) groups excluding carboxylic acids is 2. The molecule has 0 aromatic rings. The van der Waals surface area contributed by atoms with Crippen molar-refractivity contribution in [3.8, 4) is 0 Å². The summed E-state index contributed by atoms with van der Waals surface area (Å²) in [5, 5.41) is 0. The fourth-order valence-corrected chi connectivity index (χ4v) is 1.39. The van der Waals surface area contributed by atoms with Gasteiger partial charge >= 0.3 is 11.9 Å². The molecule has 0 bridgehead atoms. The number of esters is 2. The van der Waals surface area contributed by atoms with E-state index >= 15 is 0 Å². The zero-order valence-corrected chi connectivity index (χ0v) is 12.7. The highest BCUT2D eigenvalue weighted by atomic mass is 16.6. The van der Waals surface area contributed by atoms with Crippen LogP contribution in [0.1, 0.15) is 32.6 Å². The van der Waals surface area contributed by atoms with Gasteiger partial charge in [-0.3, -0.25) is 9.59 Å². The Balaban J connectivity index is 3.67. The predicted molar refractivity (Wildman–Crippen MR) is 73.3 cm³/mol. The van der Waals surface area contributed by atoms with Crippen LogP contribution in [0, 0.1) is 5.92 Å². The molecular formula is C14H26O6. The van der Waals surface area contributed by atoms with Crippen LogP contribution in [-0.2, 0) is 28.5 Å². The maximum atomic E-state index is 11.6. The number of hydrogen-bond donors (Lipinski definition) is 0. The minimum Gasteiger partial charge on any atom is -0.465 e. The van der Waals surface area contributed by atoms with Crippen molar-refractivity contribution in [2.75, 3.05) is 40.6 Å². The molecule has 0 aliphatic heterocycles. The highest BCUT2D eigenvalue weighted by Gasteiger charge is 2.24. The topological polar surface area (TPSA) is 71.1 Å². The summed E-state index contributed by atoms with van der Waals surface area (Å²) in [6.45, 7) is 3.36. The van der Waals surface area contributed by atoms with Gasteiger partial charge in [0.05, 0.1) is 13.2 Å².